The molecule has 1 unspecified atom stereocenters. The van der Waals surface area contributed by atoms with E-state index in [4.69, 9.17) is 0 Å². The molecular weight excluding hydrogens is 483 g/mol. The van der Waals surface area contributed by atoms with Gasteiger partial charge < -0.3 is 10.4 Å². The van der Waals surface area contributed by atoms with Gasteiger partial charge in [-0.25, -0.2) is 9.37 Å². The minimum absolute atomic E-state index is 0.00255. The molecule has 0 radical (unpaired) electrons. The highest BCUT2D eigenvalue weighted by Crippen LogP contribution is 2.42. The molecule has 1 aliphatic heterocycles. The highest BCUT2D eigenvalue weighted by atomic mass is 19.4. The third kappa shape index (κ3) is 4.54. The van der Waals surface area contributed by atoms with Crippen LogP contribution in [0.1, 0.15) is 35.8 Å². The number of halogens is 7. The Kier molecular flexibility index (Phi) is 5.66. The zero-order valence-corrected chi connectivity index (χ0v) is 18.0. The molecule has 2 N–H and O–H groups in total. The van der Waals surface area contributed by atoms with Gasteiger partial charge in [-0.15, -0.1) is 0 Å². The van der Waals surface area contributed by atoms with E-state index in [1.807, 2.05) is 0 Å². The third-order valence-corrected chi connectivity index (χ3v) is 6.69. The van der Waals surface area contributed by atoms with Crippen molar-refractivity contribution in [1.82, 2.24) is 19.5 Å². The van der Waals surface area contributed by atoms with E-state index in [9.17, 15) is 35.8 Å². The van der Waals surface area contributed by atoms with Crippen LogP contribution in [0.3, 0.4) is 0 Å². The van der Waals surface area contributed by atoms with Crippen LogP contribution in [0, 0.1) is 11.7 Å². The lowest BCUT2D eigenvalue weighted by Gasteiger charge is -2.37. The molecule has 6 nitrogen and oxygen atoms in total. The van der Waals surface area contributed by atoms with Gasteiger partial charge in [0.25, 0.3) is 0 Å². The van der Waals surface area contributed by atoms with Gasteiger partial charge in [-0.1, -0.05) is 12.1 Å². The van der Waals surface area contributed by atoms with Crippen LogP contribution in [0.2, 0.25) is 0 Å². The fourth-order valence-corrected chi connectivity index (χ4v) is 5.04. The largest absolute Gasteiger partial charge is 0.435 e. The maximum Gasteiger partial charge on any atom is 0.435 e. The molecule has 2 fully saturated rings. The summed E-state index contributed by atoms with van der Waals surface area (Å²) in [5, 5.41) is 16.4. The van der Waals surface area contributed by atoms with Crippen LogP contribution >= 0.6 is 0 Å². The summed E-state index contributed by atoms with van der Waals surface area (Å²) in [6, 6.07) is 6.30. The Labute approximate surface area is 194 Å². The molecule has 5 rings (SSSR count). The lowest BCUT2D eigenvalue weighted by molar-refractivity contribution is -0.142. The first kappa shape index (κ1) is 23.8. The van der Waals surface area contributed by atoms with Crippen LogP contribution in [0.25, 0.3) is 5.65 Å². The van der Waals surface area contributed by atoms with Gasteiger partial charge in [-0.05, 0) is 36.5 Å². The van der Waals surface area contributed by atoms with Crippen LogP contribution in [-0.2, 0) is 12.4 Å². The molecule has 1 aromatic carbocycles. The first-order valence-corrected chi connectivity index (χ1v) is 10.9. The summed E-state index contributed by atoms with van der Waals surface area (Å²) >= 11 is 0. The van der Waals surface area contributed by atoms with Gasteiger partial charge in [-0.3, -0.25) is 4.90 Å². The van der Waals surface area contributed by atoms with E-state index in [1.165, 1.54) is 12.1 Å². The SMILES string of the molecule is OC1C[C@@H]2C[C@@H]1CN2[C@@H](CNc1cc(C(F)(F)F)nc2cc(C(F)(F)F)nn12)c1ccc(F)cc1. The van der Waals surface area contributed by atoms with Gasteiger partial charge in [0.05, 0.1) is 12.1 Å². The minimum atomic E-state index is -4.89. The molecule has 3 heterocycles. The number of hydrogen-bond donors (Lipinski definition) is 2. The van der Waals surface area contributed by atoms with Crippen molar-refractivity contribution in [3.63, 3.8) is 0 Å². The highest BCUT2D eigenvalue weighted by Gasteiger charge is 2.46. The number of anilines is 1. The predicted octanol–water partition coefficient (Wildman–Crippen LogP) is 4.51. The predicted molar refractivity (Wildman–Crippen MR) is 110 cm³/mol. The number of alkyl halides is 6. The van der Waals surface area contributed by atoms with E-state index in [-0.39, 0.29) is 24.3 Å². The fourth-order valence-electron chi connectivity index (χ4n) is 5.04. The van der Waals surface area contributed by atoms with Crippen LogP contribution in [-0.4, -0.2) is 49.8 Å². The van der Waals surface area contributed by atoms with Crippen molar-refractivity contribution in [3.05, 3.63) is 59.2 Å². The second kappa shape index (κ2) is 8.33. The summed E-state index contributed by atoms with van der Waals surface area (Å²) in [5.74, 6) is -0.720. The number of piperidine rings is 1. The molecule has 35 heavy (non-hydrogen) atoms. The van der Waals surface area contributed by atoms with E-state index >= 15 is 0 Å². The smallest absolute Gasteiger partial charge is 0.393 e. The number of nitrogens with zero attached hydrogens (tertiary/aromatic N) is 4. The Morgan fingerprint density at radius 1 is 1.00 bits per heavy atom. The van der Waals surface area contributed by atoms with Crippen molar-refractivity contribution in [2.75, 3.05) is 18.4 Å². The number of aromatic nitrogens is 3. The molecule has 0 amide bonds. The summed E-state index contributed by atoms with van der Waals surface area (Å²) in [4.78, 5) is 5.40. The Morgan fingerprint density at radius 2 is 1.69 bits per heavy atom. The molecule has 1 aliphatic carbocycles. The summed E-state index contributed by atoms with van der Waals surface area (Å²) in [6.45, 7) is 0.539. The first-order chi connectivity index (χ1) is 16.4. The Hall–Kier alpha value is -2.93. The van der Waals surface area contributed by atoms with E-state index in [2.05, 4.69) is 20.3 Å². The van der Waals surface area contributed by atoms with Crippen molar-refractivity contribution in [1.29, 1.82) is 0 Å². The van der Waals surface area contributed by atoms with Crippen molar-refractivity contribution < 1.29 is 35.8 Å². The van der Waals surface area contributed by atoms with Gasteiger partial charge in [-0.2, -0.15) is 36.0 Å². The Bertz CT molecular complexity index is 1220. The zero-order chi connectivity index (χ0) is 25.1. The molecule has 1 saturated heterocycles. The standard InChI is InChI=1S/C22H20F7N5O/c23-13-3-1-11(2-4-13)15(33-10-12-5-14(33)6-16(12)35)9-30-19-7-17(21(24,25)26)31-20-8-18(22(27,28)29)32-34(19)20/h1-4,7-8,12,14-16,30,35H,5-6,9-10H2/t12-,14+,15+,16?/m1/s1. The Morgan fingerprint density at radius 3 is 2.26 bits per heavy atom. The Balaban J connectivity index is 1.50. The van der Waals surface area contributed by atoms with Crippen molar-refractivity contribution >= 4 is 11.5 Å². The molecule has 3 aromatic rings. The normalized spacial score (nSPS) is 23.8. The number of hydrogen-bond acceptors (Lipinski definition) is 5. The summed E-state index contributed by atoms with van der Waals surface area (Å²) in [6.07, 6.45) is -8.90. The molecule has 13 heteroatoms. The highest BCUT2D eigenvalue weighted by molar-refractivity contribution is 5.51. The summed E-state index contributed by atoms with van der Waals surface area (Å²) in [5.41, 5.74) is -2.65. The van der Waals surface area contributed by atoms with Crippen LogP contribution in [0.15, 0.2) is 36.4 Å². The van der Waals surface area contributed by atoms with Gasteiger partial charge in [0.1, 0.15) is 11.6 Å². The van der Waals surface area contributed by atoms with Gasteiger partial charge in [0, 0.05) is 31.3 Å². The van der Waals surface area contributed by atoms with Gasteiger partial charge in [0.15, 0.2) is 17.0 Å². The average Bonchev–Trinajstić information content (AvgIpc) is 3.47. The first-order valence-electron chi connectivity index (χ1n) is 10.9. The monoisotopic (exact) mass is 503 g/mol. The molecular formula is C22H20F7N5O. The van der Waals surface area contributed by atoms with Crippen LogP contribution < -0.4 is 5.32 Å². The number of aliphatic hydroxyl groups excluding tert-OH is 1. The number of rotatable bonds is 5. The number of nitrogens with one attached hydrogen (secondary N) is 1. The van der Waals surface area contributed by atoms with Crippen LogP contribution in [0.5, 0.6) is 0 Å². The second-order valence-electron chi connectivity index (χ2n) is 8.92. The third-order valence-electron chi connectivity index (χ3n) is 6.69. The van der Waals surface area contributed by atoms with Crippen molar-refractivity contribution in [2.24, 2.45) is 5.92 Å². The molecule has 1 saturated carbocycles. The fraction of sp³-hybridized carbons (Fsp3) is 0.455. The van der Waals surface area contributed by atoms with E-state index in [1.54, 1.807) is 12.1 Å². The van der Waals surface area contributed by atoms with Gasteiger partial charge >= 0.3 is 12.4 Å². The van der Waals surface area contributed by atoms with Crippen molar-refractivity contribution in [2.45, 2.75) is 43.4 Å². The molecule has 188 valence electrons. The van der Waals surface area contributed by atoms with Gasteiger partial charge in [0.2, 0.25) is 0 Å². The molecule has 4 atom stereocenters. The van der Waals surface area contributed by atoms with Crippen molar-refractivity contribution in [3.8, 4) is 0 Å². The zero-order valence-electron chi connectivity index (χ0n) is 18.0. The number of benzene rings is 1. The quantitative estimate of drug-likeness (QED) is 0.502. The average molecular weight is 503 g/mol. The van der Waals surface area contributed by atoms with E-state index in [0.29, 0.717) is 35.2 Å². The van der Waals surface area contributed by atoms with E-state index in [0.717, 1.165) is 6.42 Å². The molecule has 2 aliphatic rings. The lowest BCUT2D eigenvalue weighted by atomic mass is 10.00. The summed E-state index contributed by atoms with van der Waals surface area (Å²) in [7, 11) is 0. The molecule has 2 aromatic heterocycles. The number of fused-ring (bicyclic) bond motifs is 3. The van der Waals surface area contributed by atoms with Crippen LogP contribution in [0.4, 0.5) is 36.6 Å². The number of likely N-dealkylation sites (tertiary alicyclic amines) is 1. The molecule has 2 bridgehead atoms. The maximum atomic E-state index is 13.5. The maximum absolute atomic E-state index is 13.5. The lowest BCUT2D eigenvalue weighted by Crippen LogP contribution is -2.42. The van der Waals surface area contributed by atoms with E-state index < -0.39 is 47.4 Å². The molecule has 0 spiro atoms. The summed E-state index contributed by atoms with van der Waals surface area (Å²) < 4.78 is 94.0. The second-order valence-corrected chi connectivity index (χ2v) is 8.92. The minimum Gasteiger partial charge on any atom is -0.393 e. The topological polar surface area (TPSA) is 65.7 Å². The number of aliphatic hydroxyl groups is 1.